The molecule has 0 aliphatic carbocycles. The number of fused-ring (bicyclic) bond motifs is 2. The van der Waals surface area contributed by atoms with Gasteiger partial charge in [-0.05, 0) is 44.2 Å². The first-order chi connectivity index (χ1) is 14.9. The standard InChI is InChI=1S/C22H23F2N3O3S/c1-13(29-2)21(28)27-22(31-20(26-27)16-11-15(23)7-8-18(16)24)14(9-10-25)12-30-19-6-4-3-5-17(19)22/h3-8,11,13-14H,9-10,12,25H2,1-2H3/t13-,14+,22-/m0/s1. The second kappa shape index (κ2) is 8.57. The van der Waals surface area contributed by atoms with Gasteiger partial charge in [0.05, 0.1) is 6.61 Å². The highest BCUT2D eigenvalue weighted by molar-refractivity contribution is 8.15. The van der Waals surface area contributed by atoms with Crippen molar-refractivity contribution in [2.45, 2.75) is 24.3 Å². The van der Waals surface area contributed by atoms with Crippen molar-refractivity contribution in [3.63, 3.8) is 0 Å². The minimum Gasteiger partial charge on any atom is -0.493 e. The van der Waals surface area contributed by atoms with Crippen LogP contribution in [0.5, 0.6) is 5.75 Å². The summed E-state index contributed by atoms with van der Waals surface area (Å²) in [5, 5.41) is 6.09. The van der Waals surface area contributed by atoms with Crippen LogP contribution in [0.25, 0.3) is 0 Å². The molecule has 0 unspecified atom stereocenters. The van der Waals surface area contributed by atoms with E-state index in [0.29, 0.717) is 25.3 Å². The maximum absolute atomic E-state index is 14.6. The molecule has 2 aromatic rings. The number of carbonyl (C=O) groups is 1. The topological polar surface area (TPSA) is 77.1 Å². The van der Waals surface area contributed by atoms with E-state index in [1.165, 1.54) is 23.9 Å². The molecule has 0 bridgehead atoms. The maximum atomic E-state index is 14.6. The number of benzene rings is 2. The van der Waals surface area contributed by atoms with Crippen LogP contribution in [0.4, 0.5) is 8.78 Å². The Morgan fingerprint density at radius 1 is 1.39 bits per heavy atom. The lowest BCUT2D eigenvalue weighted by atomic mass is 9.86. The minimum absolute atomic E-state index is 0.000200. The number of carbonyl (C=O) groups excluding carboxylic acids is 1. The summed E-state index contributed by atoms with van der Waals surface area (Å²) < 4.78 is 39.8. The van der Waals surface area contributed by atoms with E-state index in [0.717, 1.165) is 23.8 Å². The first kappa shape index (κ1) is 21.7. The Kier molecular flexibility index (Phi) is 6.00. The van der Waals surface area contributed by atoms with Gasteiger partial charge in [-0.2, -0.15) is 5.10 Å². The van der Waals surface area contributed by atoms with E-state index in [1.54, 1.807) is 6.92 Å². The van der Waals surface area contributed by atoms with Crippen molar-refractivity contribution in [3.8, 4) is 5.75 Å². The molecule has 2 N–H and O–H groups in total. The Labute approximate surface area is 183 Å². The van der Waals surface area contributed by atoms with E-state index in [-0.39, 0.29) is 22.4 Å². The molecular formula is C22H23F2N3O3S. The van der Waals surface area contributed by atoms with Crippen molar-refractivity contribution in [3.05, 3.63) is 65.2 Å². The van der Waals surface area contributed by atoms with E-state index in [2.05, 4.69) is 5.10 Å². The fourth-order valence-corrected chi connectivity index (χ4v) is 5.48. The maximum Gasteiger partial charge on any atom is 0.273 e. The van der Waals surface area contributed by atoms with E-state index < -0.39 is 22.6 Å². The zero-order valence-electron chi connectivity index (χ0n) is 17.2. The number of nitrogens with zero attached hydrogens (tertiary/aromatic N) is 2. The Hall–Kier alpha value is -2.49. The van der Waals surface area contributed by atoms with Crippen LogP contribution in [0.1, 0.15) is 24.5 Å². The molecule has 0 aromatic heterocycles. The molecule has 2 aromatic carbocycles. The molecule has 1 amide bonds. The average Bonchev–Trinajstić information content (AvgIpc) is 3.17. The van der Waals surface area contributed by atoms with Gasteiger partial charge in [-0.25, -0.2) is 13.8 Å². The van der Waals surface area contributed by atoms with Crippen LogP contribution in [-0.2, 0) is 14.4 Å². The number of thioether (sulfide) groups is 1. The number of nitrogens with two attached hydrogens (primary N) is 1. The summed E-state index contributed by atoms with van der Waals surface area (Å²) in [6.45, 7) is 2.30. The van der Waals surface area contributed by atoms with Gasteiger partial charge >= 0.3 is 0 Å². The van der Waals surface area contributed by atoms with Crippen molar-refractivity contribution >= 4 is 22.7 Å². The molecule has 31 heavy (non-hydrogen) atoms. The van der Waals surface area contributed by atoms with Gasteiger partial charge in [-0.1, -0.05) is 30.0 Å². The van der Waals surface area contributed by atoms with Crippen molar-refractivity contribution < 1.29 is 23.0 Å². The number of amides is 1. The Morgan fingerprint density at radius 2 is 2.16 bits per heavy atom. The quantitative estimate of drug-likeness (QED) is 0.760. The molecule has 3 atom stereocenters. The van der Waals surface area contributed by atoms with Crippen molar-refractivity contribution in [1.82, 2.24) is 5.01 Å². The van der Waals surface area contributed by atoms with Crippen molar-refractivity contribution in [2.75, 3.05) is 20.3 Å². The van der Waals surface area contributed by atoms with Gasteiger partial charge in [-0.15, -0.1) is 0 Å². The highest BCUT2D eigenvalue weighted by Crippen LogP contribution is 2.57. The second-order valence-corrected chi connectivity index (χ2v) is 8.65. The SMILES string of the molecule is CO[C@@H](C)C(=O)N1N=C(c2cc(F)ccc2F)S[C@@]12c1ccccc1OC[C@H]2CCN. The van der Waals surface area contributed by atoms with E-state index in [9.17, 15) is 13.6 Å². The summed E-state index contributed by atoms with van der Waals surface area (Å²) in [6.07, 6.45) is -0.243. The molecule has 0 radical (unpaired) electrons. The van der Waals surface area contributed by atoms with Gasteiger partial charge in [0.25, 0.3) is 5.91 Å². The third-order valence-corrected chi connectivity index (χ3v) is 7.14. The number of rotatable bonds is 5. The molecule has 4 rings (SSSR count). The third kappa shape index (κ3) is 3.60. The van der Waals surface area contributed by atoms with Gasteiger partial charge < -0.3 is 15.2 Å². The largest absolute Gasteiger partial charge is 0.493 e. The zero-order valence-corrected chi connectivity index (χ0v) is 18.0. The van der Waals surface area contributed by atoms with Crippen LogP contribution in [0, 0.1) is 17.6 Å². The molecule has 6 nitrogen and oxygen atoms in total. The molecule has 2 aliphatic rings. The number of para-hydroxylation sites is 1. The van der Waals surface area contributed by atoms with Crippen LogP contribution in [0.15, 0.2) is 47.6 Å². The van der Waals surface area contributed by atoms with E-state index in [4.69, 9.17) is 15.2 Å². The lowest BCUT2D eigenvalue weighted by Gasteiger charge is -2.45. The number of hydrazone groups is 1. The Bertz CT molecular complexity index is 1030. The molecule has 9 heteroatoms. The monoisotopic (exact) mass is 447 g/mol. The van der Waals surface area contributed by atoms with E-state index in [1.807, 2.05) is 24.3 Å². The average molecular weight is 448 g/mol. The molecule has 2 aliphatic heterocycles. The fraction of sp³-hybridized carbons (Fsp3) is 0.364. The smallest absolute Gasteiger partial charge is 0.273 e. The molecular weight excluding hydrogens is 424 g/mol. The van der Waals surface area contributed by atoms with Crippen molar-refractivity contribution in [2.24, 2.45) is 16.8 Å². The van der Waals surface area contributed by atoms with Gasteiger partial charge in [0.2, 0.25) is 0 Å². The third-order valence-electron chi connectivity index (χ3n) is 5.61. The summed E-state index contributed by atoms with van der Waals surface area (Å²) in [5.41, 5.74) is 6.62. The zero-order chi connectivity index (χ0) is 22.2. The van der Waals surface area contributed by atoms with Crippen LogP contribution in [0.2, 0.25) is 0 Å². The van der Waals surface area contributed by atoms with Crippen LogP contribution in [-0.4, -0.2) is 42.3 Å². The minimum atomic E-state index is -1.02. The molecule has 0 saturated carbocycles. The van der Waals surface area contributed by atoms with Gasteiger partial charge in [0.15, 0.2) is 4.87 Å². The van der Waals surface area contributed by atoms with Crippen molar-refractivity contribution in [1.29, 1.82) is 0 Å². The van der Waals surface area contributed by atoms with Gasteiger partial charge in [-0.3, -0.25) is 4.79 Å². The van der Waals surface area contributed by atoms with Crippen LogP contribution < -0.4 is 10.5 Å². The summed E-state index contributed by atoms with van der Waals surface area (Å²) in [6, 6.07) is 10.6. The fourth-order valence-electron chi connectivity index (χ4n) is 3.95. The molecule has 0 saturated heterocycles. The molecule has 2 heterocycles. The molecule has 1 spiro atoms. The predicted molar refractivity (Wildman–Crippen MR) is 115 cm³/mol. The van der Waals surface area contributed by atoms with Gasteiger partial charge in [0, 0.05) is 24.2 Å². The first-order valence-corrected chi connectivity index (χ1v) is 10.8. The predicted octanol–water partition coefficient (Wildman–Crippen LogP) is 3.45. The lowest BCUT2D eigenvalue weighted by molar-refractivity contribution is -0.147. The number of hydrogen-bond acceptors (Lipinski definition) is 6. The number of halogens is 2. The lowest BCUT2D eigenvalue weighted by Crippen LogP contribution is -2.53. The highest BCUT2D eigenvalue weighted by Gasteiger charge is 2.57. The Balaban J connectivity index is 1.92. The van der Waals surface area contributed by atoms with Gasteiger partial charge in [0.1, 0.15) is 28.5 Å². The van der Waals surface area contributed by atoms with Crippen LogP contribution >= 0.6 is 11.8 Å². The van der Waals surface area contributed by atoms with Crippen LogP contribution in [0.3, 0.4) is 0 Å². The summed E-state index contributed by atoms with van der Waals surface area (Å²) in [4.78, 5) is 12.4. The molecule has 164 valence electrons. The summed E-state index contributed by atoms with van der Waals surface area (Å²) in [5.74, 6) is -1.21. The number of hydrogen-bond donors (Lipinski definition) is 1. The Morgan fingerprint density at radius 3 is 2.90 bits per heavy atom. The summed E-state index contributed by atoms with van der Waals surface area (Å²) >= 11 is 1.22. The first-order valence-electron chi connectivity index (χ1n) is 9.94. The van der Waals surface area contributed by atoms with E-state index >= 15 is 0 Å². The highest BCUT2D eigenvalue weighted by atomic mass is 32.2. The number of methoxy groups -OCH3 is 1. The number of ether oxygens (including phenoxy) is 2. The normalized spacial score (nSPS) is 23.3. The summed E-state index contributed by atoms with van der Waals surface area (Å²) in [7, 11) is 1.44. The second-order valence-electron chi connectivity index (χ2n) is 7.44. The molecule has 0 fully saturated rings.